The summed E-state index contributed by atoms with van der Waals surface area (Å²) in [6.45, 7) is 2.04. The summed E-state index contributed by atoms with van der Waals surface area (Å²) in [4.78, 5) is 14.2. The quantitative estimate of drug-likeness (QED) is 0.298. The van der Waals surface area contributed by atoms with E-state index >= 15 is 0 Å². The van der Waals surface area contributed by atoms with Gasteiger partial charge in [0.25, 0.3) is 0 Å². The van der Waals surface area contributed by atoms with Crippen molar-refractivity contribution in [1.29, 1.82) is 0 Å². The van der Waals surface area contributed by atoms with E-state index in [0.29, 0.717) is 19.0 Å². The first-order valence-electron chi connectivity index (χ1n) is 11.7. The zero-order valence-corrected chi connectivity index (χ0v) is 19.7. The van der Waals surface area contributed by atoms with E-state index in [1.165, 1.54) is 11.1 Å². The molecule has 0 spiro atoms. The summed E-state index contributed by atoms with van der Waals surface area (Å²) >= 11 is 0. The first kappa shape index (κ1) is 22.4. The number of fused-ring (bicyclic) bond motifs is 1. The van der Waals surface area contributed by atoms with Crippen molar-refractivity contribution in [3.63, 3.8) is 0 Å². The molecule has 0 bridgehead atoms. The van der Waals surface area contributed by atoms with Crippen LogP contribution in [-0.4, -0.2) is 33.2 Å². The summed E-state index contributed by atoms with van der Waals surface area (Å²) in [5.74, 6) is 2.13. The molecule has 5 rings (SSSR count). The molecule has 0 radical (unpaired) electrons. The molecule has 0 aliphatic carbocycles. The van der Waals surface area contributed by atoms with Crippen LogP contribution in [0, 0.1) is 0 Å². The van der Waals surface area contributed by atoms with Crippen LogP contribution < -0.4 is 15.4 Å². The zero-order valence-electron chi connectivity index (χ0n) is 19.7. The third kappa shape index (κ3) is 5.58. The number of anilines is 2. The molecule has 0 aliphatic heterocycles. The fourth-order valence-electron chi connectivity index (χ4n) is 3.94. The highest BCUT2D eigenvalue weighted by atomic mass is 16.5. The average Bonchev–Trinajstić information content (AvgIpc) is 3.31. The van der Waals surface area contributed by atoms with Crippen LogP contribution in [0.25, 0.3) is 11.2 Å². The summed E-state index contributed by atoms with van der Waals surface area (Å²) in [7, 11) is 1.67. The lowest BCUT2D eigenvalue weighted by atomic mass is 10.1. The molecule has 2 N–H and O–H groups in total. The van der Waals surface area contributed by atoms with Crippen LogP contribution in [0.15, 0.2) is 91.3 Å². The Morgan fingerprint density at radius 2 is 1.49 bits per heavy atom. The number of methoxy groups -OCH3 is 1. The maximum absolute atomic E-state index is 5.26. The molecule has 0 amide bonds. The Bertz CT molecular complexity index is 1370. The number of aromatic nitrogens is 4. The van der Waals surface area contributed by atoms with Crippen molar-refractivity contribution < 1.29 is 4.74 Å². The minimum atomic E-state index is 0.561. The molecule has 5 aromatic rings. The third-order valence-corrected chi connectivity index (χ3v) is 5.82. The Balaban J connectivity index is 1.39. The number of nitrogens with one attached hydrogen (secondary N) is 2. The summed E-state index contributed by atoms with van der Waals surface area (Å²) in [5.41, 5.74) is 5.15. The molecule has 0 aliphatic rings. The van der Waals surface area contributed by atoms with E-state index in [0.717, 1.165) is 41.3 Å². The largest absolute Gasteiger partial charge is 0.497 e. The second-order valence-electron chi connectivity index (χ2n) is 8.29. The fraction of sp³-hybridized carbons (Fsp3) is 0.179. The molecule has 35 heavy (non-hydrogen) atoms. The van der Waals surface area contributed by atoms with Crippen LogP contribution >= 0.6 is 0 Å². The van der Waals surface area contributed by atoms with Crippen molar-refractivity contribution in [1.82, 2.24) is 19.5 Å². The highest BCUT2D eigenvalue weighted by molar-refractivity contribution is 5.84. The minimum absolute atomic E-state index is 0.561. The lowest BCUT2D eigenvalue weighted by molar-refractivity contribution is 0.414. The predicted octanol–water partition coefficient (Wildman–Crippen LogP) is 5.15. The molecule has 3 aromatic carbocycles. The van der Waals surface area contributed by atoms with Crippen LogP contribution in [0.1, 0.15) is 16.7 Å². The van der Waals surface area contributed by atoms with E-state index in [-0.39, 0.29) is 0 Å². The second-order valence-corrected chi connectivity index (χ2v) is 8.29. The number of rotatable bonds is 10. The number of hydrogen-bond donors (Lipinski definition) is 2. The molecule has 0 fully saturated rings. The van der Waals surface area contributed by atoms with Crippen LogP contribution in [-0.2, 0) is 19.5 Å². The smallest absolute Gasteiger partial charge is 0.227 e. The molecule has 0 saturated heterocycles. The van der Waals surface area contributed by atoms with E-state index in [2.05, 4.69) is 56.6 Å². The highest BCUT2D eigenvalue weighted by Crippen LogP contribution is 2.22. The summed E-state index contributed by atoms with van der Waals surface area (Å²) in [6.07, 6.45) is 2.73. The number of ether oxygens (including phenoxy) is 1. The first-order chi connectivity index (χ1) is 17.3. The summed E-state index contributed by atoms with van der Waals surface area (Å²) < 4.78 is 7.32. The van der Waals surface area contributed by atoms with Crippen molar-refractivity contribution >= 4 is 22.9 Å². The molecule has 2 heterocycles. The van der Waals surface area contributed by atoms with Crippen LogP contribution in [0.2, 0.25) is 0 Å². The van der Waals surface area contributed by atoms with Crippen LogP contribution in [0.4, 0.5) is 11.8 Å². The van der Waals surface area contributed by atoms with Crippen molar-refractivity contribution in [2.75, 3.05) is 24.3 Å². The third-order valence-electron chi connectivity index (χ3n) is 5.82. The van der Waals surface area contributed by atoms with E-state index in [4.69, 9.17) is 14.7 Å². The van der Waals surface area contributed by atoms with Crippen molar-refractivity contribution in [2.24, 2.45) is 0 Å². The number of hydrogen-bond acceptors (Lipinski definition) is 6. The predicted molar refractivity (Wildman–Crippen MR) is 140 cm³/mol. The molecule has 176 valence electrons. The van der Waals surface area contributed by atoms with E-state index in [9.17, 15) is 0 Å². The second kappa shape index (κ2) is 10.7. The molecule has 0 atom stereocenters. The fourth-order valence-corrected chi connectivity index (χ4v) is 3.94. The first-order valence-corrected chi connectivity index (χ1v) is 11.7. The minimum Gasteiger partial charge on any atom is -0.497 e. The van der Waals surface area contributed by atoms with E-state index in [1.54, 1.807) is 7.11 Å². The maximum Gasteiger partial charge on any atom is 0.227 e. The van der Waals surface area contributed by atoms with Gasteiger partial charge in [-0.05, 0) is 35.2 Å². The molecule has 2 aromatic heterocycles. The Hall–Kier alpha value is -4.39. The van der Waals surface area contributed by atoms with Gasteiger partial charge >= 0.3 is 0 Å². The topological polar surface area (TPSA) is 76.9 Å². The average molecular weight is 465 g/mol. The maximum atomic E-state index is 5.26. The van der Waals surface area contributed by atoms with Gasteiger partial charge in [0, 0.05) is 13.1 Å². The monoisotopic (exact) mass is 464 g/mol. The van der Waals surface area contributed by atoms with Gasteiger partial charge in [-0.3, -0.25) is 0 Å². The molecule has 7 nitrogen and oxygen atoms in total. The Kier molecular flexibility index (Phi) is 6.84. The zero-order chi connectivity index (χ0) is 23.9. The summed E-state index contributed by atoms with van der Waals surface area (Å²) in [5, 5.41) is 6.86. The molecular weight excluding hydrogens is 436 g/mol. The Labute approximate surface area is 204 Å². The highest BCUT2D eigenvalue weighted by Gasteiger charge is 2.14. The van der Waals surface area contributed by atoms with Crippen LogP contribution in [0.3, 0.4) is 0 Å². The van der Waals surface area contributed by atoms with Gasteiger partial charge in [0.15, 0.2) is 17.0 Å². The standard InChI is InChI=1S/C28H28N6O/c1-35-24-14-12-22(13-15-24)18-30-28-32-26(29-17-16-21-8-4-2-5-9-21)25-27(33-28)34(20-31-25)19-23-10-6-3-7-11-23/h2-15,20H,16-19H2,1H3,(H2,29,30,32,33). The normalized spacial score (nSPS) is 10.9. The van der Waals surface area contributed by atoms with E-state index < -0.39 is 0 Å². The lowest BCUT2D eigenvalue weighted by Crippen LogP contribution is -2.11. The van der Waals surface area contributed by atoms with Gasteiger partial charge in [-0.15, -0.1) is 0 Å². The van der Waals surface area contributed by atoms with Gasteiger partial charge in [0.1, 0.15) is 5.75 Å². The van der Waals surface area contributed by atoms with Crippen LogP contribution in [0.5, 0.6) is 5.75 Å². The van der Waals surface area contributed by atoms with Gasteiger partial charge in [0.2, 0.25) is 5.95 Å². The number of benzene rings is 3. The van der Waals surface area contributed by atoms with Gasteiger partial charge in [-0.1, -0.05) is 72.8 Å². The molecule has 7 heteroatoms. The Morgan fingerprint density at radius 1 is 0.771 bits per heavy atom. The van der Waals surface area contributed by atoms with Crippen molar-refractivity contribution in [2.45, 2.75) is 19.5 Å². The lowest BCUT2D eigenvalue weighted by Gasteiger charge is -2.11. The number of imidazole rings is 1. The van der Waals surface area contributed by atoms with Gasteiger partial charge < -0.3 is 19.9 Å². The van der Waals surface area contributed by atoms with Crippen molar-refractivity contribution in [3.8, 4) is 5.75 Å². The molecular formula is C28H28N6O. The number of nitrogens with zero attached hydrogens (tertiary/aromatic N) is 4. The SMILES string of the molecule is COc1ccc(CNc2nc(NCCc3ccccc3)c3ncn(Cc4ccccc4)c3n2)cc1. The van der Waals surface area contributed by atoms with Gasteiger partial charge in [-0.25, -0.2) is 4.98 Å². The molecule has 0 unspecified atom stereocenters. The van der Waals surface area contributed by atoms with Gasteiger partial charge in [0.05, 0.1) is 20.0 Å². The van der Waals surface area contributed by atoms with Crippen molar-refractivity contribution in [3.05, 3.63) is 108 Å². The molecule has 0 saturated carbocycles. The summed E-state index contributed by atoms with van der Waals surface area (Å²) in [6, 6.07) is 28.7. The Morgan fingerprint density at radius 3 is 2.20 bits per heavy atom. The van der Waals surface area contributed by atoms with E-state index in [1.807, 2.05) is 54.9 Å². The van der Waals surface area contributed by atoms with Gasteiger partial charge in [-0.2, -0.15) is 9.97 Å².